The Morgan fingerprint density at radius 1 is 1.18 bits per heavy atom. The van der Waals surface area contributed by atoms with E-state index in [0.29, 0.717) is 0 Å². The Morgan fingerprint density at radius 3 is 1.91 bits per heavy atom. The number of carbonyl (C=O) groups excluding carboxylic acids is 2. The summed E-state index contributed by atoms with van der Waals surface area (Å²) in [6.45, 7) is 2.96. The van der Waals surface area contributed by atoms with E-state index in [9.17, 15) is 9.59 Å². The summed E-state index contributed by atoms with van der Waals surface area (Å²) in [5, 5.41) is -0.632. The van der Waals surface area contributed by atoms with Crippen LogP contribution in [0.15, 0.2) is 11.1 Å². The second kappa shape index (κ2) is 4.13. The largest absolute Gasteiger partial charge is 0.466 e. The normalized spacial score (nSPS) is 12.0. The molecule has 0 saturated carbocycles. The van der Waals surface area contributed by atoms with Gasteiger partial charge >= 0.3 is 5.97 Å². The highest BCUT2D eigenvalue weighted by molar-refractivity contribution is 6.67. The molecule has 0 unspecified atom stereocenters. The smallest absolute Gasteiger partial charge is 0.333 e. The summed E-state index contributed by atoms with van der Waals surface area (Å²) in [6.07, 6.45) is 0. The number of hydrogen-bond donors (Lipinski definition) is 0. The zero-order valence-corrected chi connectivity index (χ0v) is 7.36. The van der Waals surface area contributed by atoms with Crippen molar-refractivity contribution < 1.29 is 14.3 Å². The Morgan fingerprint density at radius 2 is 1.64 bits per heavy atom. The minimum Gasteiger partial charge on any atom is -0.466 e. The van der Waals surface area contributed by atoms with Gasteiger partial charge in [0.15, 0.2) is 0 Å². The average molecular weight is 177 g/mol. The zero-order chi connectivity index (χ0) is 9.02. The van der Waals surface area contributed by atoms with E-state index in [2.05, 4.69) is 4.74 Å². The molecule has 11 heavy (non-hydrogen) atoms. The van der Waals surface area contributed by atoms with E-state index in [-0.39, 0.29) is 11.1 Å². The first kappa shape index (κ1) is 10.2. The molecule has 0 atom stereocenters. The standard InChI is InChI=1S/C7H9ClO3/c1-4(6(8)9)5(2)7(10)11-3/h1-3H3/b5-4+. The van der Waals surface area contributed by atoms with Crippen LogP contribution >= 0.6 is 11.6 Å². The van der Waals surface area contributed by atoms with Crippen LogP contribution in [0.3, 0.4) is 0 Å². The topological polar surface area (TPSA) is 43.4 Å². The fourth-order valence-electron chi connectivity index (χ4n) is 0.454. The zero-order valence-electron chi connectivity index (χ0n) is 6.60. The van der Waals surface area contributed by atoms with E-state index in [1.54, 1.807) is 0 Å². The van der Waals surface area contributed by atoms with Crippen molar-refractivity contribution in [1.82, 2.24) is 0 Å². The van der Waals surface area contributed by atoms with E-state index in [1.807, 2.05) is 0 Å². The Balaban J connectivity index is 4.66. The minimum atomic E-state index is -0.632. The first-order valence-corrected chi connectivity index (χ1v) is 3.34. The van der Waals surface area contributed by atoms with Crippen LogP contribution in [0.5, 0.6) is 0 Å². The number of rotatable bonds is 2. The predicted molar refractivity (Wildman–Crippen MR) is 41.3 cm³/mol. The lowest BCUT2D eigenvalue weighted by Crippen LogP contribution is -2.06. The fourth-order valence-corrected chi connectivity index (χ4v) is 0.595. The second-order valence-corrected chi connectivity index (χ2v) is 2.36. The lowest BCUT2D eigenvalue weighted by Gasteiger charge is -2.00. The number of esters is 1. The summed E-state index contributed by atoms with van der Waals surface area (Å²) in [4.78, 5) is 21.3. The molecule has 0 rings (SSSR count). The van der Waals surface area contributed by atoms with Crippen LogP contribution in [0.25, 0.3) is 0 Å². The van der Waals surface area contributed by atoms with Gasteiger partial charge in [0.2, 0.25) is 5.24 Å². The van der Waals surface area contributed by atoms with E-state index < -0.39 is 11.2 Å². The van der Waals surface area contributed by atoms with Crippen molar-refractivity contribution in [3.8, 4) is 0 Å². The number of methoxy groups -OCH3 is 1. The molecule has 0 N–H and O–H groups in total. The third-order valence-corrected chi connectivity index (χ3v) is 1.63. The molecular formula is C7H9ClO3. The van der Waals surface area contributed by atoms with Gasteiger partial charge in [-0.15, -0.1) is 0 Å². The molecule has 0 aromatic rings. The highest BCUT2D eigenvalue weighted by Crippen LogP contribution is 2.07. The second-order valence-electron chi connectivity index (χ2n) is 2.02. The van der Waals surface area contributed by atoms with Gasteiger partial charge in [0.25, 0.3) is 0 Å². The fraction of sp³-hybridized carbons (Fsp3) is 0.429. The average Bonchev–Trinajstić information content (AvgIpc) is 2.00. The molecule has 0 amide bonds. The van der Waals surface area contributed by atoms with Crippen molar-refractivity contribution in [2.45, 2.75) is 13.8 Å². The van der Waals surface area contributed by atoms with Crippen LogP contribution in [0, 0.1) is 0 Å². The Hall–Kier alpha value is -0.830. The summed E-state index contributed by atoms with van der Waals surface area (Å²) in [5.41, 5.74) is 0.464. The number of halogens is 1. The first-order chi connectivity index (χ1) is 5.00. The predicted octanol–water partition coefficient (Wildman–Crippen LogP) is 1.26. The van der Waals surface area contributed by atoms with Gasteiger partial charge in [0.1, 0.15) is 0 Å². The molecule has 0 aliphatic rings. The highest BCUT2D eigenvalue weighted by atomic mass is 35.5. The number of carbonyl (C=O) groups is 2. The highest BCUT2D eigenvalue weighted by Gasteiger charge is 2.11. The monoisotopic (exact) mass is 176 g/mol. The SMILES string of the molecule is COC(=O)/C(C)=C(\C)C(=O)Cl. The molecule has 0 heterocycles. The molecule has 0 radical (unpaired) electrons. The van der Waals surface area contributed by atoms with Crippen molar-refractivity contribution in [2.75, 3.05) is 7.11 Å². The minimum absolute atomic E-state index is 0.221. The molecule has 0 aliphatic carbocycles. The third-order valence-electron chi connectivity index (χ3n) is 1.35. The summed E-state index contributed by atoms with van der Waals surface area (Å²) in [5.74, 6) is -0.531. The molecule has 3 nitrogen and oxygen atoms in total. The van der Waals surface area contributed by atoms with Gasteiger partial charge < -0.3 is 4.74 Å². The third kappa shape index (κ3) is 2.72. The molecule has 0 fully saturated rings. The first-order valence-electron chi connectivity index (χ1n) is 2.96. The molecule has 0 aliphatic heterocycles. The molecule has 0 bridgehead atoms. The molecule has 0 saturated heterocycles. The van der Waals surface area contributed by atoms with Crippen molar-refractivity contribution >= 4 is 22.8 Å². The van der Waals surface area contributed by atoms with E-state index >= 15 is 0 Å². The van der Waals surface area contributed by atoms with Gasteiger partial charge in [-0.1, -0.05) is 0 Å². The van der Waals surface area contributed by atoms with Crippen molar-refractivity contribution in [3.05, 3.63) is 11.1 Å². The molecule has 62 valence electrons. The van der Waals surface area contributed by atoms with Gasteiger partial charge in [-0.2, -0.15) is 0 Å². The summed E-state index contributed by atoms with van der Waals surface area (Å²) >= 11 is 5.12. The molecule has 4 heteroatoms. The number of ether oxygens (including phenoxy) is 1. The van der Waals surface area contributed by atoms with E-state index in [4.69, 9.17) is 11.6 Å². The molecule has 0 aromatic heterocycles. The van der Waals surface area contributed by atoms with Gasteiger partial charge in [0, 0.05) is 11.1 Å². The molecular weight excluding hydrogens is 168 g/mol. The van der Waals surface area contributed by atoms with Crippen LogP contribution in [-0.4, -0.2) is 18.3 Å². The van der Waals surface area contributed by atoms with Crippen LogP contribution in [-0.2, 0) is 14.3 Å². The lowest BCUT2D eigenvalue weighted by molar-refractivity contribution is -0.136. The van der Waals surface area contributed by atoms with Gasteiger partial charge in [0.05, 0.1) is 7.11 Å². The van der Waals surface area contributed by atoms with Crippen molar-refractivity contribution in [3.63, 3.8) is 0 Å². The Bertz CT molecular complexity index is 218. The molecule has 0 spiro atoms. The van der Waals surface area contributed by atoms with Crippen LogP contribution in [0.1, 0.15) is 13.8 Å². The summed E-state index contributed by atoms with van der Waals surface area (Å²) in [6, 6.07) is 0. The number of allylic oxidation sites excluding steroid dienone is 1. The van der Waals surface area contributed by atoms with Crippen LogP contribution < -0.4 is 0 Å². The van der Waals surface area contributed by atoms with Crippen LogP contribution in [0.4, 0.5) is 0 Å². The maximum atomic E-state index is 10.8. The van der Waals surface area contributed by atoms with Gasteiger partial charge in [-0.3, -0.25) is 4.79 Å². The van der Waals surface area contributed by atoms with E-state index in [1.165, 1.54) is 21.0 Å². The lowest BCUT2D eigenvalue weighted by atomic mass is 10.2. The quantitative estimate of drug-likeness (QED) is 0.362. The maximum Gasteiger partial charge on any atom is 0.333 e. The van der Waals surface area contributed by atoms with Gasteiger partial charge in [-0.05, 0) is 25.4 Å². The Labute approximate surface area is 70.0 Å². The Kier molecular flexibility index (Phi) is 3.82. The number of hydrogen-bond acceptors (Lipinski definition) is 3. The maximum absolute atomic E-state index is 10.8. The van der Waals surface area contributed by atoms with Crippen molar-refractivity contribution in [2.24, 2.45) is 0 Å². The van der Waals surface area contributed by atoms with Crippen LogP contribution in [0.2, 0.25) is 0 Å². The van der Waals surface area contributed by atoms with Crippen molar-refractivity contribution in [1.29, 1.82) is 0 Å². The van der Waals surface area contributed by atoms with E-state index in [0.717, 1.165) is 0 Å². The summed E-state index contributed by atoms with van der Waals surface area (Å²) in [7, 11) is 1.25. The molecule has 0 aromatic carbocycles. The summed E-state index contributed by atoms with van der Waals surface area (Å²) < 4.78 is 4.38. The van der Waals surface area contributed by atoms with Gasteiger partial charge in [-0.25, -0.2) is 4.79 Å².